The molecule has 0 aliphatic heterocycles. The average molecular weight is 270 g/mol. The highest BCUT2D eigenvalue weighted by Crippen LogP contribution is 2.42. The maximum atomic E-state index is 12.5. The third kappa shape index (κ3) is 2.85. The molecule has 4 heteroatoms. The van der Waals surface area contributed by atoms with Crippen LogP contribution in [0.25, 0.3) is 0 Å². The Morgan fingerprint density at radius 3 is 2.33 bits per heavy atom. The third-order valence-electron chi connectivity index (χ3n) is 4.61. The van der Waals surface area contributed by atoms with Crippen molar-refractivity contribution in [1.82, 2.24) is 5.32 Å². The van der Waals surface area contributed by atoms with Gasteiger partial charge in [-0.3, -0.25) is 4.79 Å². The number of hydrogen-bond acceptors (Lipinski definition) is 2. The summed E-state index contributed by atoms with van der Waals surface area (Å²) in [4.78, 5) is 12.9. The molecule has 0 aromatic heterocycles. The lowest BCUT2D eigenvalue weighted by atomic mass is 9.80. The van der Waals surface area contributed by atoms with Gasteiger partial charge in [-0.1, -0.05) is 46.3 Å². The molecule has 1 fully saturated rings. The molecule has 0 bridgehead atoms. The van der Waals surface area contributed by atoms with E-state index in [-0.39, 0.29) is 17.2 Å². The topological polar surface area (TPSA) is 55.1 Å². The van der Waals surface area contributed by atoms with Crippen LogP contribution in [-0.4, -0.2) is 16.4 Å². The van der Waals surface area contributed by atoms with Gasteiger partial charge in [0.1, 0.15) is 0 Å². The minimum Gasteiger partial charge on any atom is -0.391 e. The van der Waals surface area contributed by atoms with Gasteiger partial charge in [-0.25, -0.2) is 0 Å². The van der Waals surface area contributed by atoms with Crippen molar-refractivity contribution in [3.63, 3.8) is 0 Å². The fourth-order valence-electron chi connectivity index (χ4n) is 2.97. The Morgan fingerprint density at radius 1 is 1.44 bits per heavy atom. The zero-order chi connectivity index (χ0) is 14.0. The standard InChI is InChI=1S/C14H26N2OS/c1-5-14(6-2,12(15)18)16-11(17)10-8-7-9-13(10,3)4/h10H,5-9H2,1-4H3,(H2,15,18)(H,16,17). The maximum absolute atomic E-state index is 12.5. The van der Waals surface area contributed by atoms with E-state index in [1.54, 1.807) is 0 Å². The summed E-state index contributed by atoms with van der Waals surface area (Å²) in [6.07, 6.45) is 4.71. The number of carbonyl (C=O) groups excluding carboxylic acids is 1. The molecule has 0 aromatic carbocycles. The molecule has 1 aliphatic carbocycles. The van der Waals surface area contributed by atoms with Gasteiger partial charge >= 0.3 is 0 Å². The number of amides is 1. The van der Waals surface area contributed by atoms with Crippen LogP contribution in [0.5, 0.6) is 0 Å². The molecule has 1 aliphatic rings. The Balaban J connectivity index is 2.83. The zero-order valence-corrected chi connectivity index (χ0v) is 12.8. The number of rotatable bonds is 5. The number of nitrogens with one attached hydrogen (secondary N) is 1. The highest BCUT2D eigenvalue weighted by atomic mass is 32.1. The highest BCUT2D eigenvalue weighted by Gasteiger charge is 2.42. The van der Waals surface area contributed by atoms with Crippen molar-refractivity contribution in [2.75, 3.05) is 0 Å². The van der Waals surface area contributed by atoms with E-state index in [1.807, 2.05) is 13.8 Å². The van der Waals surface area contributed by atoms with Gasteiger partial charge in [-0.05, 0) is 31.1 Å². The minimum atomic E-state index is -0.509. The summed E-state index contributed by atoms with van der Waals surface area (Å²) in [6.45, 7) is 8.38. The molecule has 104 valence electrons. The second-order valence-corrected chi connectivity index (χ2v) is 6.52. The smallest absolute Gasteiger partial charge is 0.224 e. The molecule has 0 radical (unpaired) electrons. The second-order valence-electron chi connectivity index (χ2n) is 6.08. The molecule has 0 saturated heterocycles. The van der Waals surface area contributed by atoms with Crippen molar-refractivity contribution in [3.05, 3.63) is 0 Å². The van der Waals surface area contributed by atoms with Crippen LogP contribution in [0, 0.1) is 11.3 Å². The summed E-state index contributed by atoms with van der Waals surface area (Å²) in [5.74, 6) is 0.207. The van der Waals surface area contributed by atoms with Crippen molar-refractivity contribution in [1.29, 1.82) is 0 Å². The lowest BCUT2D eigenvalue weighted by molar-refractivity contribution is -0.129. The van der Waals surface area contributed by atoms with Crippen LogP contribution in [0.3, 0.4) is 0 Å². The van der Waals surface area contributed by atoms with Gasteiger partial charge < -0.3 is 11.1 Å². The molecule has 1 amide bonds. The van der Waals surface area contributed by atoms with Crippen LogP contribution in [0.15, 0.2) is 0 Å². The quantitative estimate of drug-likeness (QED) is 0.755. The summed E-state index contributed by atoms with van der Waals surface area (Å²) in [5.41, 5.74) is 5.41. The highest BCUT2D eigenvalue weighted by molar-refractivity contribution is 7.80. The number of nitrogens with two attached hydrogens (primary N) is 1. The van der Waals surface area contributed by atoms with Crippen LogP contribution < -0.4 is 11.1 Å². The second kappa shape index (κ2) is 5.55. The Hall–Kier alpha value is -0.640. The molecule has 3 N–H and O–H groups in total. The molecule has 0 aromatic rings. The molecule has 0 heterocycles. The summed E-state index contributed by atoms with van der Waals surface area (Å²) < 4.78 is 0. The summed E-state index contributed by atoms with van der Waals surface area (Å²) in [7, 11) is 0. The SMILES string of the molecule is CCC(CC)(NC(=O)C1CCCC1(C)C)C(N)=S. The molecular weight excluding hydrogens is 244 g/mol. The Morgan fingerprint density at radius 2 is 2.00 bits per heavy atom. The first-order valence-electron chi connectivity index (χ1n) is 6.91. The van der Waals surface area contributed by atoms with E-state index in [9.17, 15) is 4.79 Å². The van der Waals surface area contributed by atoms with Gasteiger partial charge in [0, 0.05) is 5.92 Å². The van der Waals surface area contributed by atoms with Crippen LogP contribution in [-0.2, 0) is 4.79 Å². The van der Waals surface area contributed by atoms with E-state index in [4.69, 9.17) is 18.0 Å². The van der Waals surface area contributed by atoms with Gasteiger partial charge in [-0.2, -0.15) is 0 Å². The van der Waals surface area contributed by atoms with E-state index in [0.29, 0.717) is 4.99 Å². The van der Waals surface area contributed by atoms with Gasteiger partial charge in [0.25, 0.3) is 0 Å². The predicted octanol–water partition coefficient (Wildman–Crippen LogP) is 2.77. The largest absolute Gasteiger partial charge is 0.391 e. The van der Waals surface area contributed by atoms with E-state index in [1.165, 1.54) is 0 Å². The molecule has 1 atom stereocenters. The Labute approximate surface area is 116 Å². The van der Waals surface area contributed by atoms with Crippen LogP contribution in [0.4, 0.5) is 0 Å². The van der Waals surface area contributed by atoms with Crippen LogP contribution >= 0.6 is 12.2 Å². The summed E-state index contributed by atoms with van der Waals surface area (Å²) in [6, 6.07) is 0. The average Bonchev–Trinajstić information content (AvgIpc) is 2.65. The fourth-order valence-corrected chi connectivity index (χ4v) is 3.31. The molecule has 1 unspecified atom stereocenters. The molecule has 1 rings (SSSR count). The fraction of sp³-hybridized carbons (Fsp3) is 0.857. The van der Waals surface area contributed by atoms with Crippen molar-refractivity contribution < 1.29 is 4.79 Å². The lowest BCUT2D eigenvalue weighted by Gasteiger charge is -2.35. The van der Waals surface area contributed by atoms with E-state index in [0.717, 1.165) is 32.1 Å². The molecule has 1 saturated carbocycles. The van der Waals surface area contributed by atoms with Crippen LogP contribution in [0.1, 0.15) is 59.8 Å². The van der Waals surface area contributed by atoms with E-state index in [2.05, 4.69) is 19.2 Å². The summed E-state index contributed by atoms with van der Waals surface area (Å²) >= 11 is 5.14. The monoisotopic (exact) mass is 270 g/mol. The number of thiocarbonyl (C=S) groups is 1. The number of carbonyl (C=O) groups is 1. The van der Waals surface area contributed by atoms with Crippen molar-refractivity contribution in [2.45, 2.75) is 65.3 Å². The Kier molecular flexibility index (Phi) is 4.76. The summed E-state index contributed by atoms with van der Waals surface area (Å²) in [5, 5.41) is 3.12. The van der Waals surface area contributed by atoms with Crippen LogP contribution in [0.2, 0.25) is 0 Å². The van der Waals surface area contributed by atoms with Crippen molar-refractivity contribution in [2.24, 2.45) is 17.1 Å². The van der Waals surface area contributed by atoms with Gasteiger partial charge in [0.2, 0.25) is 5.91 Å². The normalized spacial score (nSPS) is 22.8. The van der Waals surface area contributed by atoms with Gasteiger partial charge in [0.15, 0.2) is 0 Å². The maximum Gasteiger partial charge on any atom is 0.224 e. The molecule has 18 heavy (non-hydrogen) atoms. The third-order valence-corrected chi connectivity index (χ3v) is 5.01. The number of hydrogen-bond donors (Lipinski definition) is 2. The minimum absolute atomic E-state index is 0.0873. The lowest BCUT2D eigenvalue weighted by Crippen LogP contribution is -2.57. The zero-order valence-electron chi connectivity index (χ0n) is 12.0. The molecule has 0 spiro atoms. The van der Waals surface area contributed by atoms with E-state index >= 15 is 0 Å². The van der Waals surface area contributed by atoms with Gasteiger partial charge in [-0.15, -0.1) is 0 Å². The molecular formula is C14H26N2OS. The predicted molar refractivity (Wildman–Crippen MR) is 79.4 cm³/mol. The van der Waals surface area contributed by atoms with Gasteiger partial charge in [0.05, 0.1) is 10.5 Å². The van der Waals surface area contributed by atoms with Crippen molar-refractivity contribution >= 4 is 23.1 Å². The first kappa shape index (κ1) is 15.4. The Bertz CT molecular complexity index is 335. The molecule has 3 nitrogen and oxygen atoms in total. The first-order valence-corrected chi connectivity index (χ1v) is 7.32. The van der Waals surface area contributed by atoms with Crippen molar-refractivity contribution in [3.8, 4) is 0 Å². The van der Waals surface area contributed by atoms with E-state index < -0.39 is 5.54 Å². The first-order chi connectivity index (χ1) is 8.29.